The number of aliphatic imine (C=N–C) groups is 1. The SMILES string of the molecule is CN=C(NCc1ccc(F)c(COC)c1)NC1CCN(Cc2ccc(F)cc2)CC1. The van der Waals surface area contributed by atoms with E-state index in [-0.39, 0.29) is 18.2 Å². The van der Waals surface area contributed by atoms with Crippen molar-refractivity contribution < 1.29 is 13.5 Å². The monoisotopic (exact) mass is 416 g/mol. The molecule has 0 unspecified atom stereocenters. The summed E-state index contributed by atoms with van der Waals surface area (Å²) in [6.07, 6.45) is 2.02. The van der Waals surface area contributed by atoms with Crippen molar-refractivity contribution in [2.75, 3.05) is 27.2 Å². The van der Waals surface area contributed by atoms with E-state index in [1.807, 2.05) is 18.2 Å². The van der Waals surface area contributed by atoms with Crippen molar-refractivity contribution in [2.24, 2.45) is 4.99 Å². The topological polar surface area (TPSA) is 48.9 Å². The van der Waals surface area contributed by atoms with Crippen molar-refractivity contribution in [3.05, 3.63) is 70.8 Å². The maximum absolute atomic E-state index is 13.8. The van der Waals surface area contributed by atoms with Gasteiger partial charge in [0.25, 0.3) is 0 Å². The van der Waals surface area contributed by atoms with Gasteiger partial charge in [-0.1, -0.05) is 18.2 Å². The molecule has 0 radical (unpaired) electrons. The highest BCUT2D eigenvalue weighted by Crippen LogP contribution is 2.15. The number of benzene rings is 2. The number of piperidine rings is 1. The Bertz CT molecular complexity index is 834. The highest BCUT2D eigenvalue weighted by atomic mass is 19.1. The predicted molar refractivity (Wildman–Crippen MR) is 115 cm³/mol. The van der Waals surface area contributed by atoms with Crippen molar-refractivity contribution in [2.45, 2.75) is 38.6 Å². The summed E-state index contributed by atoms with van der Waals surface area (Å²) in [5.41, 5.74) is 2.65. The van der Waals surface area contributed by atoms with Gasteiger partial charge in [-0.3, -0.25) is 9.89 Å². The molecule has 30 heavy (non-hydrogen) atoms. The second kappa shape index (κ2) is 11.0. The standard InChI is InChI=1S/C23H30F2N4O/c1-26-23(27-14-18-5-8-22(25)19(13-18)16-30-2)28-21-9-11-29(12-10-21)15-17-3-6-20(24)7-4-17/h3-8,13,21H,9-12,14-16H2,1-2H3,(H2,26,27,28). The largest absolute Gasteiger partial charge is 0.380 e. The molecule has 1 fully saturated rings. The second-order valence-corrected chi connectivity index (χ2v) is 7.61. The zero-order valence-electron chi connectivity index (χ0n) is 17.6. The molecule has 1 saturated heterocycles. The molecule has 7 heteroatoms. The van der Waals surface area contributed by atoms with E-state index >= 15 is 0 Å². The summed E-state index contributed by atoms with van der Waals surface area (Å²) in [6, 6.07) is 12.1. The molecule has 162 valence electrons. The number of nitrogens with one attached hydrogen (secondary N) is 2. The number of halogens is 2. The van der Waals surface area contributed by atoms with Gasteiger partial charge in [0.05, 0.1) is 6.61 Å². The summed E-state index contributed by atoms with van der Waals surface area (Å²) in [6.45, 7) is 3.60. The summed E-state index contributed by atoms with van der Waals surface area (Å²) in [5.74, 6) is 0.288. The second-order valence-electron chi connectivity index (χ2n) is 7.61. The van der Waals surface area contributed by atoms with E-state index in [0.717, 1.165) is 49.6 Å². The summed E-state index contributed by atoms with van der Waals surface area (Å²) >= 11 is 0. The van der Waals surface area contributed by atoms with Gasteiger partial charge in [0, 0.05) is 51.9 Å². The molecule has 0 amide bonds. The van der Waals surface area contributed by atoms with Gasteiger partial charge in [0.2, 0.25) is 0 Å². The first-order valence-corrected chi connectivity index (χ1v) is 10.3. The minimum atomic E-state index is -0.254. The number of guanidine groups is 1. The fourth-order valence-electron chi connectivity index (χ4n) is 3.66. The fraction of sp³-hybridized carbons (Fsp3) is 0.435. The van der Waals surface area contributed by atoms with Gasteiger partial charge < -0.3 is 15.4 Å². The maximum Gasteiger partial charge on any atom is 0.191 e. The van der Waals surface area contributed by atoms with Crippen molar-refractivity contribution >= 4 is 5.96 Å². The van der Waals surface area contributed by atoms with Crippen LogP contribution in [-0.4, -0.2) is 44.1 Å². The third kappa shape index (κ3) is 6.50. The van der Waals surface area contributed by atoms with Crippen molar-refractivity contribution in [1.29, 1.82) is 0 Å². The lowest BCUT2D eigenvalue weighted by atomic mass is 10.0. The Morgan fingerprint density at radius 1 is 1.10 bits per heavy atom. The third-order valence-corrected chi connectivity index (χ3v) is 5.34. The van der Waals surface area contributed by atoms with Crippen molar-refractivity contribution in [1.82, 2.24) is 15.5 Å². The molecule has 1 aliphatic rings. The Morgan fingerprint density at radius 3 is 2.47 bits per heavy atom. The molecule has 0 spiro atoms. The molecule has 0 saturated carbocycles. The van der Waals surface area contributed by atoms with Crippen LogP contribution in [0.25, 0.3) is 0 Å². The van der Waals surface area contributed by atoms with Gasteiger partial charge in [-0.15, -0.1) is 0 Å². The van der Waals surface area contributed by atoms with Crippen molar-refractivity contribution in [3.8, 4) is 0 Å². The highest BCUT2D eigenvalue weighted by molar-refractivity contribution is 5.79. The number of hydrogen-bond donors (Lipinski definition) is 2. The molecule has 0 bridgehead atoms. The van der Waals surface area contributed by atoms with Gasteiger partial charge in [-0.05, 0) is 48.2 Å². The fourth-order valence-corrected chi connectivity index (χ4v) is 3.66. The Kier molecular flexibility index (Phi) is 8.16. The first kappa shape index (κ1) is 22.2. The highest BCUT2D eigenvalue weighted by Gasteiger charge is 2.20. The van der Waals surface area contributed by atoms with E-state index < -0.39 is 0 Å². The molecular formula is C23H30F2N4O. The van der Waals surface area contributed by atoms with Gasteiger partial charge in [-0.25, -0.2) is 8.78 Å². The molecule has 2 aromatic rings. The number of methoxy groups -OCH3 is 1. The molecule has 2 N–H and O–H groups in total. The molecule has 1 heterocycles. The van der Waals surface area contributed by atoms with Crippen LogP contribution in [0.5, 0.6) is 0 Å². The molecule has 3 rings (SSSR count). The Hall–Kier alpha value is -2.51. The maximum atomic E-state index is 13.8. The van der Waals surface area contributed by atoms with Crippen LogP contribution in [0.4, 0.5) is 8.78 Å². The van der Waals surface area contributed by atoms with Crippen LogP contribution >= 0.6 is 0 Å². The molecular weight excluding hydrogens is 386 g/mol. The summed E-state index contributed by atoms with van der Waals surface area (Å²) < 4.78 is 31.9. The zero-order chi connectivity index (χ0) is 21.3. The average Bonchev–Trinajstić information content (AvgIpc) is 2.76. The number of likely N-dealkylation sites (tertiary alicyclic amines) is 1. The van der Waals surface area contributed by atoms with Gasteiger partial charge >= 0.3 is 0 Å². The Labute approximate surface area is 177 Å². The normalized spacial score (nSPS) is 15.9. The lowest BCUT2D eigenvalue weighted by Gasteiger charge is -2.33. The Morgan fingerprint density at radius 2 is 1.80 bits per heavy atom. The van der Waals surface area contributed by atoms with Gasteiger partial charge in [0.15, 0.2) is 5.96 Å². The van der Waals surface area contributed by atoms with Crippen LogP contribution in [0, 0.1) is 11.6 Å². The third-order valence-electron chi connectivity index (χ3n) is 5.34. The van der Waals surface area contributed by atoms with Crippen LogP contribution in [0.1, 0.15) is 29.5 Å². The number of rotatable bonds is 7. The molecule has 2 aromatic carbocycles. The van der Waals surface area contributed by atoms with E-state index in [9.17, 15) is 8.78 Å². The minimum absolute atomic E-state index is 0.198. The van der Waals surface area contributed by atoms with E-state index in [1.165, 1.54) is 18.2 Å². The van der Waals surface area contributed by atoms with E-state index in [4.69, 9.17) is 4.74 Å². The average molecular weight is 417 g/mol. The quantitative estimate of drug-likeness (QED) is 0.536. The van der Waals surface area contributed by atoms with Crippen LogP contribution < -0.4 is 10.6 Å². The molecule has 1 aliphatic heterocycles. The predicted octanol–water partition coefficient (Wildman–Crippen LogP) is 3.44. The van der Waals surface area contributed by atoms with Gasteiger partial charge in [-0.2, -0.15) is 0 Å². The van der Waals surface area contributed by atoms with E-state index in [1.54, 1.807) is 20.2 Å². The lowest BCUT2D eigenvalue weighted by molar-refractivity contribution is 0.181. The van der Waals surface area contributed by atoms with E-state index in [0.29, 0.717) is 18.2 Å². The summed E-state index contributed by atoms with van der Waals surface area (Å²) in [4.78, 5) is 6.70. The number of ether oxygens (including phenoxy) is 1. The van der Waals surface area contributed by atoms with E-state index in [2.05, 4.69) is 20.5 Å². The van der Waals surface area contributed by atoms with Gasteiger partial charge in [0.1, 0.15) is 11.6 Å². The first-order chi connectivity index (χ1) is 14.6. The smallest absolute Gasteiger partial charge is 0.191 e. The molecule has 0 atom stereocenters. The Balaban J connectivity index is 1.44. The molecule has 5 nitrogen and oxygen atoms in total. The van der Waals surface area contributed by atoms with Crippen molar-refractivity contribution in [3.63, 3.8) is 0 Å². The summed E-state index contributed by atoms with van der Waals surface area (Å²) in [5, 5.41) is 6.79. The summed E-state index contributed by atoms with van der Waals surface area (Å²) in [7, 11) is 3.31. The van der Waals surface area contributed by atoms with Crippen LogP contribution in [0.15, 0.2) is 47.5 Å². The minimum Gasteiger partial charge on any atom is -0.380 e. The number of nitrogens with zero attached hydrogens (tertiary/aromatic N) is 2. The van der Waals surface area contributed by atoms with Crippen LogP contribution in [-0.2, 0) is 24.4 Å². The zero-order valence-corrected chi connectivity index (χ0v) is 17.6. The van der Waals surface area contributed by atoms with Crippen LogP contribution in [0.2, 0.25) is 0 Å². The lowest BCUT2D eigenvalue weighted by Crippen LogP contribution is -2.48. The van der Waals surface area contributed by atoms with Crippen LogP contribution in [0.3, 0.4) is 0 Å². The first-order valence-electron chi connectivity index (χ1n) is 10.3. The molecule has 0 aliphatic carbocycles. The number of hydrogen-bond acceptors (Lipinski definition) is 3. The molecule has 0 aromatic heterocycles.